The summed E-state index contributed by atoms with van der Waals surface area (Å²) in [6.45, 7) is 3.31. The number of amides is 2. The van der Waals surface area contributed by atoms with Crippen LogP contribution in [0.15, 0.2) is 6.07 Å². The minimum absolute atomic E-state index is 0.0645. The highest BCUT2D eigenvalue weighted by Gasteiger charge is 2.41. The van der Waals surface area contributed by atoms with Crippen molar-refractivity contribution in [2.45, 2.75) is 50.2 Å². The molecule has 136 valence electrons. The Hall–Kier alpha value is -1.44. The molecule has 1 unspecified atom stereocenters. The summed E-state index contributed by atoms with van der Waals surface area (Å²) in [6.07, 6.45) is 5.40. The van der Waals surface area contributed by atoms with Crippen molar-refractivity contribution >= 4 is 23.2 Å². The minimum Gasteiger partial charge on any atom is -0.369 e. The zero-order chi connectivity index (χ0) is 17.3. The van der Waals surface area contributed by atoms with E-state index in [1.54, 1.807) is 11.3 Å². The second kappa shape index (κ2) is 7.05. The second-order valence-electron chi connectivity index (χ2n) is 7.12. The SMILES string of the molecule is O=C(NC1CCCCNC1=O)c1cc2c(s1)C1(CCNCC1)OCC2. The Kier molecular flexibility index (Phi) is 4.80. The van der Waals surface area contributed by atoms with E-state index in [4.69, 9.17) is 4.74 Å². The first-order valence-corrected chi connectivity index (χ1v) is 10.1. The van der Waals surface area contributed by atoms with Gasteiger partial charge in [-0.3, -0.25) is 9.59 Å². The maximum atomic E-state index is 12.7. The largest absolute Gasteiger partial charge is 0.369 e. The van der Waals surface area contributed by atoms with Crippen LogP contribution < -0.4 is 16.0 Å². The van der Waals surface area contributed by atoms with Gasteiger partial charge >= 0.3 is 0 Å². The Morgan fingerprint density at radius 1 is 1.28 bits per heavy atom. The molecule has 4 rings (SSSR count). The number of fused-ring (bicyclic) bond motifs is 2. The fourth-order valence-corrected chi connectivity index (χ4v) is 5.36. The molecule has 3 aliphatic heterocycles. The van der Waals surface area contributed by atoms with Gasteiger partial charge in [0.15, 0.2) is 0 Å². The predicted octanol–water partition coefficient (Wildman–Crippen LogP) is 1.30. The zero-order valence-corrected chi connectivity index (χ0v) is 15.2. The van der Waals surface area contributed by atoms with Crippen molar-refractivity contribution in [3.8, 4) is 0 Å². The van der Waals surface area contributed by atoms with Crippen LogP contribution in [0.1, 0.15) is 52.2 Å². The standard InChI is InChI=1S/C18H25N3O3S/c22-16-13(3-1-2-7-20-16)21-17(23)14-11-12-4-10-24-18(15(12)25-14)5-8-19-9-6-18/h11,13,19H,1-10H2,(H,20,22)(H,21,23). The van der Waals surface area contributed by atoms with E-state index in [9.17, 15) is 9.59 Å². The van der Waals surface area contributed by atoms with Crippen molar-refractivity contribution < 1.29 is 14.3 Å². The zero-order valence-electron chi connectivity index (χ0n) is 14.4. The van der Waals surface area contributed by atoms with Crippen LogP contribution in [0, 0.1) is 0 Å². The summed E-state index contributed by atoms with van der Waals surface area (Å²) in [4.78, 5) is 26.7. The average Bonchev–Trinajstić information content (AvgIpc) is 2.97. The van der Waals surface area contributed by atoms with Crippen molar-refractivity contribution in [2.24, 2.45) is 0 Å². The Morgan fingerprint density at radius 2 is 2.12 bits per heavy atom. The molecule has 2 saturated heterocycles. The summed E-state index contributed by atoms with van der Waals surface area (Å²) in [6, 6.07) is 1.59. The smallest absolute Gasteiger partial charge is 0.262 e. The first-order chi connectivity index (χ1) is 12.2. The van der Waals surface area contributed by atoms with Crippen LogP contribution in [0.3, 0.4) is 0 Å². The van der Waals surface area contributed by atoms with E-state index in [-0.39, 0.29) is 17.4 Å². The van der Waals surface area contributed by atoms with Gasteiger partial charge in [-0.25, -0.2) is 0 Å². The van der Waals surface area contributed by atoms with Gasteiger partial charge in [-0.15, -0.1) is 11.3 Å². The molecule has 6 nitrogen and oxygen atoms in total. The molecule has 4 heterocycles. The third kappa shape index (κ3) is 3.32. The lowest BCUT2D eigenvalue weighted by Gasteiger charge is -2.40. The lowest BCUT2D eigenvalue weighted by Crippen LogP contribution is -2.45. The first kappa shape index (κ1) is 17.0. The van der Waals surface area contributed by atoms with E-state index >= 15 is 0 Å². The molecule has 2 amide bonds. The Morgan fingerprint density at radius 3 is 2.96 bits per heavy atom. The van der Waals surface area contributed by atoms with E-state index in [0.29, 0.717) is 17.8 Å². The minimum atomic E-state index is -0.418. The predicted molar refractivity (Wildman–Crippen MR) is 95.9 cm³/mol. The van der Waals surface area contributed by atoms with Crippen LogP contribution in [0.5, 0.6) is 0 Å². The van der Waals surface area contributed by atoms with Gasteiger partial charge in [-0.05, 0) is 63.2 Å². The van der Waals surface area contributed by atoms with Crippen LogP contribution >= 0.6 is 11.3 Å². The fraction of sp³-hybridized carbons (Fsp3) is 0.667. The molecule has 0 radical (unpaired) electrons. The van der Waals surface area contributed by atoms with Gasteiger partial charge in [0.1, 0.15) is 11.6 Å². The molecule has 1 spiro atoms. The molecular formula is C18H25N3O3S. The van der Waals surface area contributed by atoms with E-state index in [1.165, 1.54) is 10.4 Å². The molecule has 2 fully saturated rings. The molecular weight excluding hydrogens is 338 g/mol. The van der Waals surface area contributed by atoms with E-state index in [0.717, 1.165) is 51.8 Å². The third-order valence-corrected chi connectivity index (χ3v) is 6.81. The highest BCUT2D eigenvalue weighted by Crippen LogP contribution is 2.44. The number of hydrogen-bond acceptors (Lipinski definition) is 5. The molecule has 3 N–H and O–H groups in total. The molecule has 25 heavy (non-hydrogen) atoms. The van der Waals surface area contributed by atoms with Crippen LogP contribution in [0.4, 0.5) is 0 Å². The quantitative estimate of drug-likeness (QED) is 0.740. The average molecular weight is 363 g/mol. The summed E-state index contributed by atoms with van der Waals surface area (Å²) in [7, 11) is 0. The molecule has 1 aromatic heterocycles. The van der Waals surface area contributed by atoms with Gasteiger partial charge in [-0.1, -0.05) is 0 Å². The molecule has 0 bridgehead atoms. The van der Waals surface area contributed by atoms with Crippen molar-refractivity contribution in [1.82, 2.24) is 16.0 Å². The van der Waals surface area contributed by atoms with Crippen molar-refractivity contribution in [2.75, 3.05) is 26.2 Å². The number of piperidine rings is 1. The van der Waals surface area contributed by atoms with Gasteiger partial charge in [0, 0.05) is 11.4 Å². The van der Waals surface area contributed by atoms with Gasteiger partial charge in [0.25, 0.3) is 5.91 Å². The number of thiophene rings is 1. The van der Waals surface area contributed by atoms with E-state index in [2.05, 4.69) is 16.0 Å². The van der Waals surface area contributed by atoms with E-state index in [1.807, 2.05) is 6.07 Å². The Bertz CT molecular complexity index is 667. The summed E-state index contributed by atoms with van der Waals surface area (Å²) in [5, 5.41) is 9.18. The summed E-state index contributed by atoms with van der Waals surface area (Å²) >= 11 is 1.55. The summed E-state index contributed by atoms with van der Waals surface area (Å²) < 4.78 is 6.18. The van der Waals surface area contributed by atoms with Crippen molar-refractivity contribution in [1.29, 1.82) is 0 Å². The van der Waals surface area contributed by atoms with E-state index < -0.39 is 6.04 Å². The van der Waals surface area contributed by atoms with Crippen LogP contribution in [-0.2, 0) is 21.6 Å². The maximum Gasteiger partial charge on any atom is 0.262 e. The normalized spacial score (nSPS) is 25.8. The maximum absolute atomic E-state index is 12.7. The molecule has 0 saturated carbocycles. The van der Waals surface area contributed by atoms with Gasteiger partial charge < -0.3 is 20.7 Å². The molecule has 0 aromatic carbocycles. The molecule has 7 heteroatoms. The number of hydrogen-bond donors (Lipinski definition) is 3. The number of nitrogens with one attached hydrogen (secondary N) is 3. The van der Waals surface area contributed by atoms with Crippen molar-refractivity contribution in [3.05, 3.63) is 21.4 Å². The molecule has 1 aromatic rings. The number of carbonyl (C=O) groups excluding carboxylic acids is 2. The van der Waals surface area contributed by atoms with Gasteiger partial charge in [-0.2, -0.15) is 0 Å². The lowest BCUT2D eigenvalue weighted by atomic mass is 9.86. The molecule has 0 aliphatic carbocycles. The molecule has 3 aliphatic rings. The first-order valence-electron chi connectivity index (χ1n) is 9.24. The Balaban J connectivity index is 1.53. The number of carbonyl (C=O) groups is 2. The highest BCUT2D eigenvalue weighted by atomic mass is 32.1. The topological polar surface area (TPSA) is 79.5 Å². The second-order valence-corrected chi connectivity index (χ2v) is 8.17. The number of ether oxygens (including phenoxy) is 1. The Labute approximate surface area is 151 Å². The lowest BCUT2D eigenvalue weighted by molar-refractivity contribution is -0.122. The van der Waals surface area contributed by atoms with Crippen LogP contribution in [0.25, 0.3) is 0 Å². The third-order valence-electron chi connectivity index (χ3n) is 5.45. The molecule has 1 atom stereocenters. The fourth-order valence-electron chi connectivity index (χ4n) is 4.04. The van der Waals surface area contributed by atoms with Gasteiger partial charge in [0.2, 0.25) is 5.91 Å². The van der Waals surface area contributed by atoms with Crippen molar-refractivity contribution in [3.63, 3.8) is 0 Å². The number of rotatable bonds is 2. The monoisotopic (exact) mass is 363 g/mol. The summed E-state index contributed by atoms with van der Waals surface area (Å²) in [5.74, 6) is -0.198. The van der Waals surface area contributed by atoms with Crippen LogP contribution in [0.2, 0.25) is 0 Å². The summed E-state index contributed by atoms with van der Waals surface area (Å²) in [5.41, 5.74) is 1.02. The van der Waals surface area contributed by atoms with Gasteiger partial charge in [0.05, 0.1) is 11.5 Å². The van der Waals surface area contributed by atoms with Crippen LogP contribution in [-0.4, -0.2) is 44.1 Å². The highest BCUT2D eigenvalue weighted by molar-refractivity contribution is 7.14.